The van der Waals surface area contributed by atoms with E-state index in [0.29, 0.717) is 35.4 Å². The summed E-state index contributed by atoms with van der Waals surface area (Å²) < 4.78 is 17.2. The number of aldehydes is 1. The Kier molecular flexibility index (Phi) is 5.45. The largest absolute Gasteiger partial charge is 0.493 e. The zero-order valence-electron chi connectivity index (χ0n) is 13.4. The highest BCUT2D eigenvalue weighted by molar-refractivity contribution is 9.10. The molecule has 128 valence electrons. The average molecular weight is 403 g/mol. The minimum absolute atomic E-state index is 0.0618. The molecule has 6 nitrogen and oxygen atoms in total. The van der Waals surface area contributed by atoms with Crippen LogP contribution < -0.4 is 9.47 Å². The molecule has 3 aromatic rings. The van der Waals surface area contributed by atoms with Crippen LogP contribution in [0.5, 0.6) is 11.5 Å². The van der Waals surface area contributed by atoms with Gasteiger partial charge in [0.25, 0.3) is 5.89 Å². The Morgan fingerprint density at radius 3 is 2.80 bits per heavy atom. The fourth-order valence-electron chi connectivity index (χ4n) is 2.24. The van der Waals surface area contributed by atoms with Crippen molar-refractivity contribution in [1.82, 2.24) is 10.1 Å². The van der Waals surface area contributed by atoms with Crippen LogP contribution in [-0.4, -0.2) is 23.0 Å². The van der Waals surface area contributed by atoms with Crippen molar-refractivity contribution in [2.24, 2.45) is 0 Å². The van der Waals surface area contributed by atoms with E-state index in [1.165, 1.54) is 0 Å². The summed E-state index contributed by atoms with van der Waals surface area (Å²) in [5, 5.41) is 3.98. The lowest BCUT2D eigenvalue weighted by molar-refractivity contribution is 0.111. The first-order chi connectivity index (χ1) is 12.2. The Morgan fingerprint density at radius 1 is 1.16 bits per heavy atom. The fourth-order valence-corrected chi connectivity index (χ4v) is 2.62. The number of aromatic nitrogens is 2. The van der Waals surface area contributed by atoms with Crippen molar-refractivity contribution in [3.05, 3.63) is 58.4 Å². The molecule has 0 fully saturated rings. The van der Waals surface area contributed by atoms with Crippen molar-refractivity contribution >= 4 is 22.2 Å². The number of rotatable bonds is 7. The lowest BCUT2D eigenvalue weighted by Crippen LogP contribution is -1.99. The average Bonchev–Trinajstić information content (AvgIpc) is 3.10. The minimum Gasteiger partial charge on any atom is -0.493 e. The van der Waals surface area contributed by atoms with Gasteiger partial charge in [0.05, 0.1) is 17.7 Å². The molecule has 0 spiro atoms. The van der Waals surface area contributed by atoms with E-state index in [4.69, 9.17) is 14.0 Å². The number of carbonyl (C=O) groups is 1. The SMILES string of the molecule is CCOc1ccccc1-c1noc(COc2ccc(Br)cc2C=O)n1. The van der Waals surface area contributed by atoms with E-state index in [-0.39, 0.29) is 6.61 Å². The Hall–Kier alpha value is -2.67. The molecule has 7 heteroatoms. The summed E-state index contributed by atoms with van der Waals surface area (Å²) in [6.07, 6.45) is 0.734. The van der Waals surface area contributed by atoms with Gasteiger partial charge in [0.2, 0.25) is 5.82 Å². The van der Waals surface area contributed by atoms with Gasteiger partial charge in [0.15, 0.2) is 12.9 Å². The number of hydrogen-bond donors (Lipinski definition) is 0. The molecule has 0 saturated heterocycles. The van der Waals surface area contributed by atoms with Crippen LogP contribution in [0.15, 0.2) is 51.5 Å². The van der Waals surface area contributed by atoms with E-state index in [2.05, 4.69) is 26.1 Å². The highest BCUT2D eigenvalue weighted by Crippen LogP contribution is 2.28. The van der Waals surface area contributed by atoms with Gasteiger partial charge in [0, 0.05) is 4.47 Å². The molecule has 0 unspecified atom stereocenters. The summed E-state index contributed by atoms with van der Waals surface area (Å²) in [7, 11) is 0. The highest BCUT2D eigenvalue weighted by Gasteiger charge is 2.14. The van der Waals surface area contributed by atoms with Gasteiger partial charge in [-0.25, -0.2) is 0 Å². The molecule has 0 aliphatic heterocycles. The van der Waals surface area contributed by atoms with Crippen LogP contribution in [0.25, 0.3) is 11.4 Å². The first-order valence-corrected chi connectivity index (χ1v) is 8.43. The molecule has 2 aromatic carbocycles. The van der Waals surface area contributed by atoms with Crippen molar-refractivity contribution in [1.29, 1.82) is 0 Å². The van der Waals surface area contributed by atoms with Gasteiger partial charge in [-0.2, -0.15) is 4.98 Å². The molecule has 0 N–H and O–H groups in total. The van der Waals surface area contributed by atoms with Crippen molar-refractivity contribution < 1.29 is 18.8 Å². The number of benzene rings is 2. The van der Waals surface area contributed by atoms with Gasteiger partial charge < -0.3 is 14.0 Å². The number of ether oxygens (including phenoxy) is 2. The quantitative estimate of drug-likeness (QED) is 0.548. The highest BCUT2D eigenvalue weighted by atomic mass is 79.9. The maximum absolute atomic E-state index is 11.1. The molecule has 0 amide bonds. The van der Waals surface area contributed by atoms with Crippen LogP contribution in [0.2, 0.25) is 0 Å². The number of halogens is 1. The van der Waals surface area contributed by atoms with Gasteiger partial charge in [-0.15, -0.1) is 0 Å². The Bertz CT molecular complexity index is 879. The lowest BCUT2D eigenvalue weighted by atomic mass is 10.2. The fraction of sp³-hybridized carbons (Fsp3) is 0.167. The summed E-state index contributed by atoms with van der Waals surface area (Å²) in [6.45, 7) is 2.52. The van der Waals surface area contributed by atoms with Gasteiger partial charge in [-0.05, 0) is 37.3 Å². The van der Waals surface area contributed by atoms with E-state index in [0.717, 1.165) is 16.3 Å². The van der Waals surface area contributed by atoms with Gasteiger partial charge in [-0.3, -0.25) is 4.79 Å². The Morgan fingerprint density at radius 2 is 2.00 bits per heavy atom. The van der Waals surface area contributed by atoms with E-state index in [1.54, 1.807) is 18.2 Å². The van der Waals surface area contributed by atoms with E-state index < -0.39 is 0 Å². The molecule has 0 atom stereocenters. The third-order valence-corrected chi connectivity index (χ3v) is 3.84. The maximum Gasteiger partial charge on any atom is 0.264 e. The van der Waals surface area contributed by atoms with Crippen LogP contribution in [0.4, 0.5) is 0 Å². The standard InChI is InChI=1S/C18H15BrN2O4/c1-2-23-16-6-4-3-5-14(16)18-20-17(25-21-18)11-24-15-8-7-13(19)9-12(15)10-22/h3-10H,2,11H2,1H3. The van der Waals surface area contributed by atoms with Gasteiger partial charge in [-0.1, -0.05) is 33.2 Å². The topological polar surface area (TPSA) is 74.5 Å². The Balaban J connectivity index is 1.76. The van der Waals surface area contributed by atoms with Crippen molar-refractivity contribution in [3.63, 3.8) is 0 Å². The predicted octanol–water partition coefficient (Wildman–Crippen LogP) is 4.29. The Labute approximate surface area is 152 Å². The third kappa shape index (κ3) is 4.06. The van der Waals surface area contributed by atoms with Crippen LogP contribution >= 0.6 is 15.9 Å². The van der Waals surface area contributed by atoms with Crippen LogP contribution in [0, 0.1) is 0 Å². The van der Waals surface area contributed by atoms with Gasteiger partial charge in [0.1, 0.15) is 11.5 Å². The van der Waals surface area contributed by atoms with Crippen molar-refractivity contribution in [2.45, 2.75) is 13.5 Å². The number of hydrogen-bond acceptors (Lipinski definition) is 6. The molecule has 0 aliphatic rings. The van der Waals surface area contributed by atoms with E-state index in [9.17, 15) is 4.79 Å². The summed E-state index contributed by atoms with van der Waals surface area (Å²) in [5.41, 5.74) is 1.19. The first kappa shape index (κ1) is 17.2. The second-order valence-corrected chi connectivity index (χ2v) is 5.95. The molecule has 0 aliphatic carbocycles. The molecule has 1 aromatic heterocycles. The third-order valence-electron chi connectivity index (χ3n) is 3.35. The maximum atomic E-state index is 11.1. The normalized spacial score (nSPS) is 10.5. The molecule has 0 saturated carbocycles. The molecular formula is C18H15BrN2O4. The zero-order chi connectivity index (χ0) is 17.6. The summed E-state index contributed by atoms with van der Waals surface area (Å²) in [6, 6.07) is 12.6. The first-order valence-electron chi connectivity index (χ1n) is 7.63. The van der Waals surface area contributed by atoms with Crippen LogP contribution in [-0.2, 0) is 6.61 Å². The number of carbonyl (C=O) groups excluding carboxylic acids is 1. The monoisotopic (exact) mass is 402 g/mol. The van der Waals surface area contributed by atoms with Crippen molar-refractivity contribution in [3.8, 4) is 22.9 Å². The minimum atomic E-state index is 0.0618. The molecular weight excluding hydrogens is 388 g/mol. The summed E-state index contributed by atoms with van der Waals surface area (Å²) in [4.78, 5) is 15.4. The molecule has 3 rings (SSSR count). The van der Waals surface area contributed by atoms with E-state index in [1.807, 2.05) is 31.2 Å². The second kappa shape index (κ2) is 7.94. The van der Waals surface area contributed by atoms with Crippen LogP contribution in [0.1, 0.15) is 23.2 Å². The molecule has 0 bridgehead atoms. The van der Waals surface area contributed by atoms with Crippen molar-refractivity contribution in [2.75, 3.05) is 6.61 Å². The molecule has 0 radical (unpaired) electrons. The lowest BCUT2D eigenvalue weighted by Gasteiger charge is -2.06. The number of nitrogens with zero attached hydrogens (tertiary/aromatic N) is 2. The van der Waals surface area contributed by atoms with E-state index >= 15 is 0 Å². The second-order valence-electron chi connectivity index (χ2n) is 5.03. The zero-order valence-corrected chi connectivity index (χ0v) is 15.0. The van der Waals surface area contributed by atoms with Crippen LogP contribution in [0.3, 0.4) is 0 Å². The number of para-hydroxylation sites is 1. The predicted molar refractivity (Wildman–Crippen MR) is 94.8 cm³/mol. The smallest absolute Gasteiger partial charge is 0.264 e. The van der Waals surface area contributed by atoms with Gasteiger partial charge >= 0.3 is 0 Å². The summed E-state index contributed by atoms with van der Waals surface area (Å²) in [5.74, 6) is 1.87. The molecule has 1 heterocycles. The summed E-state index contributed by atoms with van der Waals surface area (Å²) >= 11 is 3.31. The molecule has 25 heavy (non-hydrogen) atoms.